The van der Waals surface area contributed by atoms with Gasteiger partial charge < -0.3 is 19.1 Å². The molecule has 1 aliphatic rings. The summed E-state index contributed by atoms with van der Waals surface area (Å²) >= 11 is 1.55. The number of rotatable bonds is 3. The highest BCUT2D eigenvalue weighted by molar-refractivity contribution is 7.99. The first-order valence-corrected chi connectivity index (χ1v) is 12.8. The van der Waals surface area contributed by atoms with E-state index >= 15 is 0 Å². The topological polar surface area (TPSA) is 80.8 Å². The van der Waals surface area contributed by atoms with Crippen LogP contribution in [0.4, 0.5) is 10.6 Å². The highest BCUT2D eigenvalue weighted by atomic mass is 32.2. The highest BCUT2D eigenvalue weighted by Gasteiger charge is 2.38. The van der Waals surface area contributed by atoms with Crippen molar-refractivity contribution < 1.29 is 19.1 Å². The van der Waals surface area contributed by atoms with Crippen molar-refractivity contribution in [1.82, 2.24) is 10.3 Å². The summed E-state index contributed by atoms with van der Waals surface area (Å²) in [4.78, 5) is 30.8. The van der Waals surface area contributed by atoms with E-state index < -0.39 is 23.2 Å². The first-order chi connectivity index (χ1) is 16.5. The zero-order chi connectivity index (χ0) is 25.6. The molecule has 0 aliphatic carbocycles. The molecule has 0 spiro atoms. The number of cyclic esters (lactones) is 1. The van der Waals surface area contributed by atoms with Crippen LogP contribution in [0.15, 0.2) is 48.6 Å². The Bertz CT molecular complexity index is 1100. The number of hydrogen-bond donors (Lipinski definition) is 1. The van der Waals surface area contributed by atoms with Gasteiger partial charge in [0.1, 0.15) is 23.6 Å². The van der Waals surface area contributed by atoms with Crippen LogP contribution in [0, 0.1) is 0 Å². The fourth-order valence-corrected chi connectivity index (χ4v) is 4.06. The van der Waals surface area contributed by atoms with E-state index in [1.807, 2.05) is 47.9 Å². The maximum absolute atomic E-state index is 13.4. The van der Waals surface area contributed by atoms with Crippen LogP contribution in [0.2, 0.25) is 0 Å². The number of aromatic nitrogens is 1. The molecule has 3 rings (SSSR count). The van der Waals surface area contributed by atoms with Crippen LogP contribution in [-0.2, 0) is 40.1 Å². The van der Waals surface area contributed by atoms with Crippen LogP contribution in [0.5, 0.6) is 0 Å². The molecule has 1 aromatic carbocycles. The lowest BCUT2D eigenvalue weighted by atomic mass is 9.91. The number of nitrogens with one attached hydrogen (secondary N) is 1. The minimum absolute atomic E-state index is 0.0684. The molecule has 2 heterocycles. The van der Waals surface area contributed by atoms with Gasteiger partial charge in [-0.15, -0.1) is 0 Å². The fourth-order valence-electron chi connectivity index (χ4n) is 3.78. The number of alkyl carbamates (subject to hydrolysis) is 1. The predicted octanol–water partition coefficient (Wildman–Crippen LogP) is 5.02. The van der Waals surface area contributed by atoms with E-state index in [1.54, 1.807) is 39.6 Å². The molecule has 2 aromatic rings. The first-order valence-electron chi connectivity index (χ1n) is 11.7. The van der Waals surface area contributed by atoms with Crippen LogP contribution in [0.1, 0.15) is 50.1 Å². The number of carbonyl (C=O) groups excluding carboxylic acids is 2. The summed E-state index contributed by atoms with van der Waals surface area (Å²) in [6.07, 6.45) is 7.26. The van der Waals surface area contributed by atoms with Crippen LogP contribution in [0.3, 0.4) is 0 Å². The van der Waals surface area contributed by atoms with Crippen molar-refractivity contribution in [2.24, 2.45) is 0 Å². The Morgan fingerprint density at radius 3 is 2.57 bits per heavy atom. The molecule has 0 saturated heterocycles. The number of amides is 1. The highest BCUT2D eigenvalue weighted by Crippen LogP contribution is 2.23. The second-order valence-electron chi connectivity index (χ2n) is 9.92. The van der Waals surface area contributed by atoms with Gasteiger partial charge in [-0.1, -0.05) is 48.4 Å². The number of carbonyl (C=O) groups is 2. The maximum atomic E-state index is 13.4. The quantitative estimate of drug-likeness (QED) is 0.362. The summed E-state index contributed by atoms with van der Waals surface area (Å²) in [5.74, 6) is 0.264. The Hall–Kier alpha value is -3.00. The summed E-state index contributed by atoms with van der Waals surface area (Å²) in [6, 6.07) is 11.9. The molecule has 8 heteroatoms. The molecule has 0 radical (unpaired) electrons. The summed E-state index contributed by atoms with van der Waals surface area (Å²) in [5.41, 5.74) is 1.76. The fraction of sp³-hybridized carbons (Fsp3) is 0.444. The molecule has 1 aromatic heterocycles. The van der Waals surface area contributed by atoms with Crippen LogP contribution in [-0.4, -0.2) is 41.5 Å². The van der Waals surface area contributed by atoms with Crippen LogP contribution < -0.4 is 9.62 Å². The van der Waals surface area contributed by atoms with Crippen molar-refractivity contribution >= 4 is 29.8 Å². The standard InChI is InChI=1S/C27H35N3O4S/c1-26(2,3)34-25(32)29-27(4)17-20-12-9-11-19(14-20)10-7-8-13-22-15-21(18-33-24(27)31)16-23(28-22)30(5)35-6/h7-9,11-12,14-16H,10,13,17-18H2,1-6H3,(H,29,32)/b8-7+. The Labute approximate surface area is 212 Å². The third-order valence-electron chi connectivity index (χ3n) is 5.51. The second-order valence-corrected chi connectivity index (χ2v) is 10.8. The molecule has 1 unspecified atom stereocenters. The number of pyridine rings is 1. The van der Waals surface area contributed by atoms with Gasteiger partial charge in [-0.3, -0.25) is 0 Å². The molecule has 1 atom stereocenters. The molecule has 0 fully saturated rings. The summed E-state index contributed by atoms with van der Waals surface area (Å²) in [7, 11) is 1.94. The second kappa shape index (κ2) is 11.2. The third-order valence-corrected chi connectivity index (χ3v) is 6.25. The van der Waals surface area contributed by atoms with Crippen LogP contribution in [0.25, 0.3) is 0 Å². The van der Waals surface area contributed by atoms with Gasteiger partial charge in [0.2, 0.25) is 0 Å². The van der Waals surface area contributed by atoms with Crippen molar-refractivity contribution in [1.29, 1.82) is 0 Å². The van der Waals surface area contributed by atoms with E-state index in [2.05, 4.69) is 23.5 Å². The van der Waals surface area contributed by atoms with Gasteiger partial charge in [-0.2, -0.15) is 0 Å². The lowest BCUT2D eigenvalue weighted by molar-refractivity contribution is -0.152. The molecule has 1 aliphatic heterocycles. The Kier molecular flexibility index (Phi) is 8.48. The Balaban J connectivity index is 1.97. The van der Waals surface area contributed by atoms with E-state index in [-0.39, 0.29) is 13.0 Å². The van der Waals surface area contributed by atoms with E-state index in [0.717, 1.165) is 34.6 Å². The number of allylic oxidation sites excluding steroid dienone is 2. The lowest BCUT2D eigenvalue weighted by Crippen LogP contribution is -2.55. The number of benzene rings is 1. The molecule has 0 saturated carbocycles. The largest absolute Gasteiger partial charge is 0.459 e. The lowest BCUT2D eigenvalue weighted by Gasteiger charge is -2.30. The summed E-state index contributed by atoms with van der Waals surface area (Å²) in [6.45, 7) is 7.09. The van der Waals surface area contributed by atoms with Gasteiger partial charge in [-0.05, 0) is 62.9 Å². The zero-order valence-electron chi connectivity index (χ0n) is 21.4. The number of anilines is 1. The maximum Gasteiger partial charge on any atom is 0.408 e. The average Bonchev–Trinajstić information content (AvgIpc) is 2.78. The molecule has 4 bridgehead atoms. The van der Waals surface area contributed by atoms with E-state index in [4.69, 9.17) is 14.5 Å². The normalized spacial score (nSPS) is 19.5. The first kappa shape index (κ1) is 26.6. The minimum atomic E-state index is -1.31. The summed E-state index contributed by atoms with van der Waals surface area (Å²) in [5, 5.41) is 2.77. The zero-order valence-corrected chi connectivity index (χ0v) is 22.2. The van der Waals surface area contributed by atoms with Gasteiger partial charge in [0, 0.05) is 31.8 Å². The molecule has 188 valence electrons. The van der Waals surface area contributed by atoms with Crippen molar-refractivity contribution in [2.45, 2.75) is 64.7 Å². The predicted molar refractivity (Wildman–Crippen MR) is 140 cm³/mol. The molecule has 7 nitrogen and oxygen atoms in total. The van der Waals surface area contributed by atoms with Crippen molar-refractivity contribution in [3.63, 3.8) is 0 Å². The van der Waals surface area contributed by atoms with Crippen LogP contribution >= 0.6 is 11.9 Å². The molecule has 1 N–H and O–H groups in total. The summed E-state index contributed by atoms with van der Waals surface area (Å²) < 4.78 is 13.2. The van der Waals surface area contributed by atoms with Gasteiger partial charge in [-0.25, -0.2) is 14.6 Å². The van der Waals surface area contributed by atoms with Crippen molar-refractivity contribution in [3.05, 3.63) is 70.9 Å². The number of hydrogen-bond acceptors (Lipinski definition) is 7. The van der Waals surface area contributed by atoms with Gasteiger partial charge in [0.25, 0.3) is 0 Å². The Morgan fingerprint density at radius 2 is 1.86 bits per heavy atom. The molecular formula is C27H35N3O4S. The van der Waals surface area contributed by atoms with E-state index in [0.29, 0.717) is 6.42 Å². The molecule has 1 amide bonds. The average molecular weight is 498 g/mol. The Morgan fingerprint density at radius 1 is 1.14 bits per heavy atom. The van der Waals surface area contributed by atoms with E-state index in [9.17, 15) is 9.59 Å². The molecular weight excluding hydrogens is 462 g/mol. The number of nitrogens with zero attached hydrogens (tertiary/aromatic N) is 2. The number of fused-ring (bicyclic) bond motifs is 4. The van der Waals surface area contributed by atoms with Gasteiger partial charge >= 0.3 is 12.1 Å². The van der Waals surface area contributed by atoms with Crippen molar-refractivity contribution in [2.75, 3.05) is 17.6 Å². The number of ether oxygens (including phenoxy) is 2. The molecule has 35 heavy (non-hydrogen) atoms. The van der Waals surface area contributed by atoms with E-state index in [1.165, 1.54) is 0 Å². The monoisotopic (exact) mass is 497 g/mol. The van der Waals surface area contributed by atoms with Crippen molar-refractivity contribution in [3.8, 4) is 0 Å². The van der Waals surface area contributed by atoms with Gasteiger partial charge in [0.05, 0.1) is 0 Å². The minimum Gasteiger partial charge on any atom is -0.459 e. The SMILES string of the molecule is CSN(C)c1cc2cc(n1)C/C=C/Cc1cccc(c1)CC(C)(NC(=O)OC(C)(C)C)C(=O)OC2. The smallest absolute Gasteiger partial charge is 0.408 e. The third kappa shape index (κ3) is 7.75. The number of esters is 1. The van der Waals surface area contributed by atoms with Gasteiger partial charge in [0.15, 0.2) is 0 Å².